The topological polar surface area (TPSA) is 35.5 Å². The van der Waals surface area contributed by atoms with Gasteiger partial charge in [-0.2, -0.15) is 0 Å². The van der Waals surface area contributed by atoms with Gasteiger partial charge in [0.15, 0.2) is 5.78 Å². The van der Waals surface area contributed by atoms with Gasteiger partial charge < -0.3 is 9.47 Å². The van der Waals surface area contributed by atoms with Gasteiger partial charge in [-0.15, -0.1) is 0 Å². The van der Waals surface area contributed by atoms with Gasteiger partial charge in [0, 0.05) is 10.6 Å². The molecular formula is C16H15ClO3. The molecule has 0 saturated heterocycles. The summed E-state index contributed by atoms with van der Waals surface area (Å²) >= 11 is 5.84. The van der Waals surface area contributed by atoms with Crippen LogP contribution in [0.15, 0.2) is 48.5 Å². The molecule has 0 aliphatic heterocycles. The van der Waals surface area contributed by atoms with E-state index in [1.54, 1.807) is 31.4 Å². The molecule has 0 aliphatic carbocycles. The van der Waals surface area contributed by atoms with Crippen LogP contribution in [0.2, 0.25) is 5.02 Å². The summed E-state index contributed by atoms with van der Waals surface area (Å²) in [5.74, 6) is 0.713. The van der Waals surface area contributed by atoms with Gasteiger partial charge in [-0.05, 0) is 29.8 Å². The van der Waals surface area contributed by atoms with Crippen molar-refractivity contribution in [3.8, 4) is 5.75 Å². The van der Waals surface area contributed by atoms with Crippen molar-refractivity contribution in [2.24, 2.45) is 0 Å². The fourth-order valence-electron chi connectivity index (χ4n) is 1.73. The van der Waals surface area contributed by atoms with Gasteiger partial charge in [-0.3, -0.25) is 4.79 Å². The lowest BCUT2D eigenvalue weighted by Gasteiger charge is -2.05. The SMILES string of the molecule is COc1ccc(COCC(=O)c2cccc(Cl)c2)cc1. The number of methoxy groups -OCH3 is 1. The number of rotatable bonds is 6. The first-order chi connectivity index (χ1) is 9.69. The van der Waals surface area contributed by atoms with E-state index in [0.29, 0.717) is 17.2 Å². The Kier molecular flexibility index (Phi) is 5.16. The lowest BCUT2D eigenvalue weighted by Crippen LogP contribution is -2.09. The quantitative estimate of drug-likeness (QED) is 0.760. The minimum absolute atomic E-state index is 0.0341. The van der Waals surface area contributed by atoms with E-state index in [2.05, 4.69) is 0 Å². The van der Waals surface area contributed by atoms with Crippen molar-refractivity contribution in [3.63, 3.8) is 0 Å². The molecular weight excluding hydrogens is 276 g/mol. The van der Waals surface area contributed by atoms with Gasteiger partial charge in [-0.25, -0.2) is 0 Å². The Morgan fingerprint density at radius 2 is 1.90 bits per heavy atom. The van der Waals surface area contributed by atoms with Gasteiger partial charge in [0.25, 0.3) is 0 Å². The lowest BCUT2D eigenvalue weighted by molar-refractivity contribution is 0.0726. The molecule has 0 aliphatic rings. The summed E-state index contributed by atoms with van der Waals surface area (Å²) < 4.78 is 10.5. The maximum atomic E-state index is 11.9. The van der Waals surface area contributed by atoms with E-state index in [0.717, 1.165) is 11.3 Å². The second-order valence-corrected chi connectivity index (χ2v) is 4.71. The fourth-order valence-corrected chi connectivity index (χ4v) is 1.92. The smallest absolute Gasteiger partial charge is 0.188 e. The van der Waals surface area contributed by atoms with E-state index in [1.807, 2.05) is 24.3 Å². The molecule has 0 N–H and O–H groups in total. The van der Waals surface area contributed by atoms with E-state index in [-0.39, 0.29) is 12.4 Å². The molecule has 0 spiro atoms. The number of halogens is 1. The zero-order valence-corrected chi connectivity index (χ0v) is 11.9. The van der Waals surface area contributed by atoms with Crippen LogP contribution in [0, 0.1) is 0 Å². The standard InChI is InChI=1S/C16H15ClO3/c1-19-15-7-5-12(6-8-15)10-20-11-16(18)13-3-2-4-14(17)9-13/h2-9H,10-11H2,1H3. The van der Waals surface area contributed by atoms with Crippen LogP contribution >= 0.6 is 11.6 Å². The number of hydrogen-bond donors (Lipinski definition) is 0. The van der Waals surface area contributed by atoms with Crippen molar-refractivity contribution in [3.05, 3.63) is 64.7 Å². The molecule has 0 unspecified atom stereocenters. The number of carbonyl (C=O) groups is 1. The van der Waals surface area contributed by atoms with Crippen molar-refractivity contribution >= 4 is 17.4 Å². The van der Waals surface area contributed by atoms with Crippen molar-refractivity contribution in [1.82, 2.24) is 0 Å². The molecule has 2 aromatic carbocycles. The van der Waals surface area contributed by atoms with Crippen LogP contribution in [0.25, 0.3) is 0 Å². The summed E-state index contributed by atoms with van der Waals surface area (Å²) in [6.45, 7) is 0.419. The highest BCUT2D eigenvalue weighted by Crippen LogP contribution is 2.13. The van der Waals surface area contributed by atoms with Crippen molar-refractivity contribution < 1.29 is 14.3 Å². The number of hydrogen-bond acceptors (Lipinski definition) is 3. The Hall–Kier alpha value is -1.84. The largest absolute Gasteiger partial charge is 0.497 e. The minimum Gasteiger partial charge on any atom is -0.497 e. The van der Waals surface area contributed by atoms with E-state index >= 15 is 0 Å². The summed E-state index contributed by atoms with van der Waals surface area (Å²) in [5.41, 5.74) is 1.55. The Bertz CT molecular complexity index is 579. The minimum atomic E-state index is -0.0824. The first kappa shape index (κ1) is 14.6. The van der Waals surface area contributed by atoms with Crippen LogP contribution in [-0.2, 0) is 11.3 Å². The number of Topliss-reactive ketones (excluding diaryl/α,β-unsaturated/α-hetero) is 1. The first-order valence-electron chi connectivity index (χ1n) is 6.18. The number of ketones is 1. The van der Waals surface area contributed by atoms with Crippen LogP contribution in [-0.4, -0.2) is 19.5 Å². The summed E-state index contributed by atoms with van der Waals surface area (Å²) in [4.78, 5) is 11.9. The number of carbonyl (C=O) groups excluding carboxylic acids is 1. The molecule has 0 saturated carbocycles. The third kappa shape index (κ3) is 4.08. The van der Waals surface area contributed by atoms with E-state index in [4.69, 9.17) is 21.1 Å². The normalized spacial score (nSPS) is 10.3. The number of benzene rings is 2. The van der Waals surface area contributed by atoms with Crippen molar-refractivity contribution in [2.45, 2.75) is 6.61 Å². The molecule has 2 aromatic rings. The molecule has 20 heavy (non-hydrogen) atoms. The van der Waals surface area contributed by atoms with Crippen molar-refractivity contribution in [2.75, 3.05) is 13.7 Å². The second kappa shape index (κ2) is 7.08. The average molecular weight is 291 g/mol. The summed E-state index contributed by atoms with van der Waals surface area (Å²) in [7, 11) is 1.62. The van der Waals surface area contributed by atoms with Gasteiger partial charge in [0.1, 0.15) is 12.4 Å². The average Bonchev–Trinajstić information content (AvgIpc) is 2.48. The maximum Gasteiger partial charge on any atom is 0.188 e. The van der Waals surface area contributed by atoms with E-state index in [9.17, 15) is 4.79 Å². The van der Waals surface area contributed by atoms with E-state index in [1.165, 1.54) is 0 Å². The van der Waals surface area contributed by atoms with Crippen LogP contribution in [0.1, 0.15) is 15.9 Å². The molecule has 0 bridgehead atoms. The molecule has 4 heteroatoms. The monoisotopic (exact) mass is 290 g/mol. The molecule has 0 radical (unpaired) electrons. The van der Waals surface area contributed by atoms with Crippen LogP contribution in [0.3, 0.4) is 0 Å². The van der Waals surface area contributed by atoms with Crippen molar-refractivity contribution in [1.29, 1.82) is 0 Å². The Morgan fingerprint density at radius 3 is 2.55 bits per heavy atom. The third-order valence-electron chi connectivity index (χ3n) is 2.81. The van der Waals surface area contributed by atoms with Crippen LogP contribution in [0.4, 0.5) is 0 Å². The predicted octanol–water partition coefficient (Wildman–Crippen LogP) is 3.75. The first-order valence-corrected chi connectivity index (χ1v) is 6.56. The molecule has 104 valence electrons. The molecule has 0 aromatic heterocycles. The fraction of sp³-hybridized carbons (Fsp3) is 0.188. The predicted molar refractivity (Wildman–Crippen MR) is 78.4 cm³/mol. The summed E-state index contributed by atoms with van der Waals surface area (Å²) in [6.07, 6.45) is 0. The van der Waals surface area contributed by atoms with Gasteiger partial charge >= 0.3 is 0 Å². The molecule has 0 heterocycles. The number of ether oxygens (including phenoxy) is 2. The summed E-state index contributed by atoms with van der Waals surface area (Å²) in [6, 6.07) is 14.4. The zero-order valence-electron chi connectivity index (χ0n) is 11.1. The maximum absolute atomic E-state index is 11.9. The summed E-state index contributed by atoms with van der Waals surface area (Å²) in [5, 5.41) is 0.547. The van der Waals surface area contributed by atoms with E-state index < -0.39 is 0 Å². The molecule has 2 rings (SSSR count). The zero-order chi connectivity index (χ0) is 14.4. The Labute approximate surface area is 123 Å². The second-order valence-electron chi connectivity index (χ2n) is 4.27. The molecule has 0 amide bonds. The Balaban J connectivity index is 1.84. The van der Waals surface area contributed by atoms with Gasteiger partial charge in [-0.1, -0.05) is 35.9 Å². The van der Waals surface area contributed by atoms with Crippen LogP contribution < -0.4 is 4.74 Å². The molecule has 3 nitrogen and oxygen atoms in total. The third-order valence-corrected chi connectivity index (χ3v) is 3.04. The molecule has 0 fully saturated rings. The highest BCUT2D eigenvalue weighted by atomic mass is 35.5. The van der Waals surface area contributed by atoms with Gasteiger partial charge in [0.05, 0.1) is 13.7 Å². The van der Waals surface area contributed by atoms with Crippen LogP contribution in [0.5, 0.6) is 5.75 Å². The van der Waals surface area contributed by atoms with Gasteiger partial charge in [0.2, 0.25) is 0 Å². The highest BCUT2D eigenvalue weighted by Gasteiger charge is 2.06. The lowest BCUT2D eigenvalue weighted by atomic mass is 10.1. The Morgan fingerprint density at radius 1 is 1.15 bits per heavy atom. The molecule has 0 atom stereocenters. The highest BCUT2D eigenvalue weighted by molar-refractivity contribution is 6.31.